The highest BCUT2D eigenvalue weighted by molar-refractivity contribution is 5.32. The summed E-state index contributed by atoms with van der Waals surface area (Å²) < 4.78 is 0. The Labute approximate surface area is 65.5 Å². The van der Waals surface area contributed by atoms with Gasteiger partial charge in [0.05, 0.1) is 0 Å². The Morgan fingerprint density at radius 3 is 2.91 bits per heavy atom. The molecule has 2 N–H and O–H groups in total. The molecule has 1 aromatic rings. The van der Waals surface area contributed by atoms with Gasteiger partial charge in [-0.25, -0.2) is 4.98 Å². The maximum absolute atomic E-state index is 8.60. The first-order valence-corrected chi connectivity index (χ1v) is 3.36. The van der Waals surface area contributed by atoms with Crippen LogP contribution in [0.3, 0.4) is 0 Å². The van der Waals surface area contributed by atoms with Crippen molar-refractivity contribution in [1.29, 1.82) is 5.26 Å². The number of hydrogen-bond acceptors (Lipinski definition) is 3. The van der Waals surface area contributed by atoms with E-state index in [0.29, 0.717) is 5.69 Å². The predicted octanol–water partition coefficient (Wildman–Crippen LogP) is 0.973. The SMILES string of the molecule is C[C@@H](N)c1cccnc1C#N. The summed E-state index contributed by atoms with van der Waals surface area (Å²) in [6.07, 6.45) is 1.59. The van der Waals surface area contributed by atoms with Crippen LogP contribution in [0.4, 0.5) is 0 Å². The third kappa shape index (κ3) is 1.54. The number of rotatable bonds is 1. The van der Waals surface area contributed by atoms with E-state index in [1.54, 1.807) is 12.3 Å². The molecule has 1 aromatic heterocycles. The molecule has 56 valence electrons. The zero-order valence-corrected chi connectivity index (χ0v) is 6.28. The molecule has 0 aromatic carbocycles. The Morgan fingerprint density at radius 2 is 2.45 bits per heavy atom. The summed E-state index contributed by atoms with van der Waals surface area (Å²) in [5, 5.41) is 8.60. The first kappa shape index (κ1) is 7.70. The standard InChI is InChI=1S/C8H9N3/c1-6(10)7-3-2-4-11-8(7)5-9/h2-4,6H,10H2,1H3/t6-/m1/s1. The van der Waals surface area contributed by atoms with Crippen molar-refractivity contribution in [3.8, 4) is 6.07 Å². The fourth-order valence-electron chi connectivity index (χ4n) is 0.879. The van der Waals surface area contributed by atoms with Gasteiger partial charge in [-0.3, -0.25) is 0 Å². The number of nitrogens with zero attached hydrogens (tertiary/aromatic N) is 2. The molecule has 1 rings (SSSR count). The van der Waals surface area contributed by atoms with Crippen LogP contribution in [0.1, 0.15) is 24.2 Å². The fraction of sp³-hybridized carbons (Fsp3) is 0.250. The van der Waals surface area contributed by atoms with E-state index in [9.17, 15) is 0 Å². The van der Waals surface area contributed by atoms with Crippen molar-refractivity contribution in [3.05, 3.63) is 29.6 Å². The number of nitrogens with two attached hydrogens (primary N) is 1. The second-order valence-corrected chi connectivity index (χ2v) is 2.34. The molecule has 0 saturated heterocycles. The molecule has 0 unspecified atom stereocenters. The molecule has 1 heterocycles. The minimum Gasteiger partial charge on any atom is -0.324 e. The average Bonchev–Trinajstić information content (AvgIpc) is 2.04. The maximum Gasteiger partial charge on any atom is 0.145 e. The largest absolute Gasteiger partial charge is 0.324 e. The lowest BCUT2D eigenvalue weighted by molar-refractivity contribution is 0.807. The van der Waals surface area contributed by atoms with Crippen LogP contribution in [0, 0.1) is 11.3 Å². The summed E-state index contributed by atoms with van der Waals surface area (Å²) in [5.74, 6) is 0. The first-order valence-electron chi connectivity index (χ1n) is 3.36. The first-order chi connectivity index (χ1) is 5.25. The molecule has 0 spiro atoms. The van der Waals surface area contributed by atoms with E-state index in [2.05, 4.69) is 4.98 Å². The van der Waals surface area contributed by atoms with E-state index in [1.807, 2.05) is 19.1 Å². The molecule has 0 aliphatic heterocycles. The molecule has 0 aliphatic rings. The number of pyridine rings is 1. The average molecular weight is 147 g/mol. The van der Waals surface area contributed by atoms with Crippen LogP contribution in [0.15, 0.2) is 18.3 Å². The van der Waals surface area contributed by atoms with Crippen LogP contribution < -0.4 is 5.73 Å². The van der Waals surface area contributed by atoms with Gasteiger partial charge in [-0.1, -0.05) is 6.07 Å². The highest BCUT2D eigenvalue weighted by Gasteiger charge is 2.04. The van der Waals surface area contributed by atoms with Gasteiger partial charge in [0.25, 0.3) is 0 Å². The molecule has 1 atom stereocenters. The Hall–Kier alpha value is -1.40. The number of nitriles is 1. The van der Waals surface area contributed by atoms with Gasteiger partial charge in [0.1, 0.15) is 11.8 Å². The summed E-state index contributed by atoms with van der Waals surface area (Å²) in [4.78, 5) is 3.88. The molecule has 11 heavy (non-hydrogen) atoms. The predicted molar refractivity (Wildman–Crippen MR) is 41.6 cm³/mol. The van der Waals surface area contributed by atoms with Gasteiger partial charge in [-0.15, -0.1) is 0 Å². The molecule has 0 aliphatic carbocycles. The molecule has 0 radical (unpaired) electrons. The summed E-state index contributed by atoms with van der Waals surface area (Å²) in [6.45, 7) is 1.83. The minimum atomic E-state index is -0.127. The molecule has 0 fully saturated rings. The number of hydrogen-bond donors (Lipinski definition) is 1. The quantitative estimate of drug-likeness (QED) is 0.643. The van der Waals surface area contributed by atoms with Crippen molar-refractivity contribution < 1.29 is 0 Å². The van der Waals surface area contributed by atoms with E-state index in [4.69, 9.17) is 11.0 Å². The Morgan fingerprint density at radius 1 is 1.73 bits per heavy atom. The smallest absolute Gasteiger partial charge is 0.145 e. The minimum absolute atomic E-state index is 0.127. The highest BCUT2D eigenvalue weighted by Crippen LogP contribution is 2.11. The lowest BCUT2D eigenvalue weighted by Crippen LogP contribution is -2.07. The summed E-state index contributed by atoms with van der Waals surface area (Å²) >= 11 is 0. The van der Waals surface area contributed by atoms with E-state index < -0.39 is 0 Å². The fourth-order valence-corrected chi connectivity index (χ4v) is 0.879. The van der Waals surface area contributed by atoms with Crippen LogP contribution in [0.5, 0.6) is 0 Å². The summed E-state index contributed by atoms with van der Waals surface area (Å²) in [7, 11) is 0. The molecule has 0 bridgehead atoms. The van der Waals surface area contributed by atoms with E-state index in [-0.39, 0.29) is 6.04 Å². The Kier molecular flexibility index (Phi) is 2.19. The monoisotopic (exact) mass is 147 g/mol. The van der Waals surface area contributed by atoms with Crippen LogP contribution >= 0.6 is 0 Å². The second kappa shape index (κ2) is 3.13. The molecular formula is C8H9N3. The highest BCUT2D eigenvalue weighted by atomic mass is 14.7. The van der Waals surface area contributed by atoms with Gasteiger partial charge in [0.15, 0.2) is 0 Å². The second-order valence-electron chi connectivity index (χ2n) is 2.34. The number of aromatic nitrogens is 1. The lowest BCUT2D eigenvalue weighted by Gasteiger charge is -2.04. The van der Waals surface area contributed by atoms with Crippen molar-refractivity contribution in [2.45, 2.75) is 13.0 Å². The molecule has 0 saturated carbocycles. The van der Waals surface area contributed by atoms with Crippen molar-refractivity contribution in [2.75, 3.05) is 0 Å². The van der Waals surface area contributed by atoms with E-state index in [0.717, 1.165) is 5.56 Å². The molecule has 3 heteroatoms. The van der Waals surface area contributed by atoms with Gasteiger partial charge in [0.2, 0.25) is 0 Å². The van der Waals surface area contributed by atoms with Gasteiger partial charge in [-0.2, -0.15) is 5.26 Å². The topological polar surface area (TPSA) is 62.7 Å². The van der Waals surface area contributed by atoms with Crippen LogP contribution in [0.25, 0.3) is 0 Å². The van der Waals surface area contributed by atoms with Crippen LogP contribution in [-0.4, -0.2) is 4.98 Å². The van der Waals surface area contributed by atoms with Crippen molar-refractivity contribution >= 4 is 0 Å². The Balaban J connectivity index is 3.15. The van der Waals surface area contributed by atoms with Crippen LogP contribution in [-0.2, 0) is 0 Å². The van der Waals surface area contributed by atoms with Crippen molar-refractivity contribution in [2.24, 2.45) is 5.73 Å². The molecule has 3 nitrogen and oxygen atoms in total. The zero-order valence-electron chi connectivity index (χ0n) is 6.28. The maximum atomic E-state index is 8.60. The molecule has 0 amide bonds. The third-order valence-electron chi connectivity index (χ3n) is 1.44. The van der Waals surface area contributed by atoms with E-state index >= 15 is 0 Å². The van der Waals surface area contributed by atoms with Crippen molar-refractivity contribution in [1.82, 2.24) is 4.98 Å². The van der Waals surface area contributed by atoms with Gasteiger partial charge >= 0.3 is 0 Å². The third-order valence-corrected chi connectivity index (χ3v) is 1.44. The Bertz CT molecular complexity index is 286. The van der Waals surface area contributed by atoms with Crippen LogP contribution in [0.2, 0.25) is 0 Å². The van der Waals surface area contributed by atoms with Gasteiger partial charge in [0, 0.05) is 17.8 Å². The van der Waals surface area contributed by atoms with Gasteiger partial charge < -0.3 is 5.73 Å². The summed E-state index contributed by atoms with van der Waals surface area (Å²) in [5.41, 5.74) is 6.82. The normalized spacial score (nSPS) is 12.1. The molecular weight excluding hydrogens is 138 g/mol. The van der Waals surface area contributed by atoms with Gasteiger partial charge in [-0.05, 0) is 13.0 Å². The zero-order chi connectivity index (χ0) is 8.27. The van der Waals surface area contributed by atoms with Crippen molar-refractivity contribution in [3.63, 3.8) is 0 Å². The lowest BCUT2D eigenvalue weighted by atomic mass is 10.1. The summed E-state index contributed by atoms with van der Waals surface area (Å²) in [6, 6.07) is 5.45. The van der Waals surface area contributed by atoms with E-state index in [1.165, 1.54) is 0 Å².